The lowest BCUT2D eigenvalue weighted by Gasteiger charge is -2.24. The second-order valence-corrected chi connectivity index (χ2v) is 7.13. The Morgan fingerprint density at radius 1 is 1.21 bits per heavy atom. The first-order valence-electron chi connectivity index (χ1n) is 9.22. The van der Waals surface area contributed by atoms with E-state index >= 15 is 0 Å². The maximum absolute atomic E-state index is 12.9. The summed E-state index contributed by atoms with van der Waals surface area (Å²) in [5, 5.41) is 2.86. The minimum absolute atomic E-state index is 0.0910. The summed E-state index contributed by atoms with van der Waals surface area (Å²) in [5.74, 6) is -0.662. The number of carbonyl (C=O) groups excluding carboxylic acids is 2. The van der Waals surface area contributed by atoms with Gasteiger partial charge in [0, 0.05) is 32.9 Å². The van der Waals surface area contributed by atoms with Crippen molar-refractivity contribution in [3.8, 4) is 0 Å². The van der Waals surface area contributed by atoms with E-state index in [0.717, 1.165) is 11.1 Å². The Morgan fingerprint density at radius 3 is 2.43 bits per heavy atom. The third-order valence-corrected chi connectivity index (χ3v) is 4.54. The van der Waals surface area contributed by atoms with Gasteiger partial charge in [0.05, 0.1) is 6.61 Å². The normalized spacial score (nSPS) is 13.1. The number of halogens is 1. The smallest absolute Gasteiger partial charge is 0.270 e. The molecule has 0 aliphatic rings. The van der Waals surface area contributed by atoms with Crippen LogP contribution < -0.4 is 5.32 Å². The molecule has 0 aliphatic heterocycles. The van der Waals surface area contributed by atoms with Gasteiger partial charge in [-0.2, -0.15) is 0 Å². The molecule has 1 heterocycles. The third kappa shape index (κ3) is 5.66. The van der Waals surface area contributed by atoms with Crippen molar-refractivity contribution < 1.29 is 18.7 Å². The first kappa shape index (κ1) is 21.6. The molecule has 0 aliphatic carbocycles. The predicted molar refractivity (Wildman–Crippen MR) is 105 cm³/mol. The van der Waals surface area contributed by atoms with Gasteiger partial charge in [-0.3, -0.25) is 9.59 Å². The average molecular weight is 389 g/mol. The zero-order valence-corrected chi connectivity index (χ0v) is 17.0. The highest BCUT2D eigenvalue weighted by Crippen LogP contribution is 2.11. The number of amides is 2. The molecule has 6 nitrogen and oxygen atoms in total. The summed E-state index contributed by atoms with van der Waals surface area (Å²) in [4.78, 5) is 26.5. The number of rotatable bonds is 8. The van der Waals surface area contributed by atoms with Crippen LogP contribution in [0.25, 0.3) is 0 Å². The third-order valence-electron chi connectivity index (χ3n) is 4.54. The quantitative estimate of drug-likeness (QED) is 0.755. The van der Waals surface area contributed by atoms with Gasteiger partial charge in [0.15, 0.2) is 0 Å². The van der Waals surface area contributed by atoms with Crippen LogP contribution in [-0.2, 0) is 23.2 Å². The van der Waals surface area contributed by atoms with Crippen molar-refractivity contribution in [1.82, 2.24) is 14.8 Å². The number of aromatic nitrogens is 1. The molecule has 0 radical (unpaired) electrons. The molecule has 0 saturated heterocycles. The van der Waals surface area contributed by atoms with Gasteiger partial charge in [0.1, 0.15) is 17.6 Å². The molecule has 2 rings (SSSR count). The first-order valence-corrected chi connectivity index (χ1v) is 9.22. The minimum Gasteiger partial charge on any atom is -0.364 e. The first-order chi connectivity index (χ1) is 13.2. The molecule has 0 bridgehead atoms. The molecule has 2 unspecified atom stereocenters. The van der Waals surface area contributed by atoms with E-state index in [-0.39, 0.29) is 30.3 Å². The topological polar surface area (TPSA) is 63.6 Å². The second kappa shape index (κ2) is 9.50. The van der Waals surface area contributed by atoms with Gasteiger partial charge in [0.25, 0.3) is 5.91 Å². The second-order valence-electron chi connectivity index (χ2n) is 7.13. The summed E-state index contributed by atoms with van der Waals surface area (Å²) < 4.78 is 20.3. The van der Waals surface area contributed by atoms with Gasteiger partial charge in [-0.15, -0.1) is 0 Å². The molecule has 28 heavy (non-hydrogen) atoms. The molecule has 0 fully saturated rings. The standard InChI is InChI=1S/C21H28FN3O3/c1-14-10-11-24(4)19(14)21(27)25(5)12-15(2)23-20(26)16(3)28-13-17-6-8-18(22)9-7-17/h6-11,15-16H,12-13H2,1-5H3,(H,23,26). The fourth-order valence-corrected chi connectivity index (χ4v) is 2.93. The van der Waals surface area contributed by atoms with Crippen LogP contribution in [0.1, 0.15) is 35.5 Å². The van der Waals surface area contributed by atoms with E-state index in [4.69, 9.17) is 4.74 Å². The van der Waals surface area contributed by atoms with E-state index in [2.05, 4.69) is 5.32 Å². The number of benzene rings is 1. The number of ether oxygens (including phenoxy) is 1. The Kier molecular flexibility index (Phi) is 7.34. The molecule has 2 atom stereocenters. The molecular formula is C21H28FN3O3. The molecule has 0 spiro atoms. The number of nitrogens with one attached hydrogen (secondary N) is 1. The number of likely N-dealkylation sites (N-methyl/N-ethyl adjacent to an activating group) is 1. The summed E-state index contributed by atoms with van der Waals surface area (Å²) >= 11 is 0. The van der Waals surface area contributed by atoms with Gasteiger partial charge in [-0.25, -0.2) is 4.39 Å². The number of nitrogens with zero attached hydrogens (tertiary/aromatic N) is 2. The van der Waals surface area contributed by atoms with E-state index in [1.54, 1.807) is 35.6 Å². The van der Waals surface area contributed by atoms with E-state index in [9.17, 15) is 14.0 Å². The minimum atomic E-state index is -0.663. The van der Waals surface area contributed by atoms with Crippen molar-refractivity contribution in [1.29, 1.82) is 0 Å². The molecule has 2 aromatic rings. The summed E-state index contributed by atoms with van der Waals surface area (Å²) in [6.45, 7) is 5.99. The lowest BCUT2D eigenvalue weighted by Crippen LogP contribution is -2.46. The Hall–Kier alpha value is -2.67. The maximum Gasteiger partial charge on any atom is 0.270 e. The van der Waals surface area contributed by atoms with Gasteiger partial charge in [-0.05, 0) is 50.1 Å². The van der Waals surface area contributed by atoms with Crippen LogP contribution >= 0.6 is 0 Å². The highest BCUT2D eigenvalue weighted by Gasteiger charge is 2.21. The van der Waals surface area contributed by atoms with Crippen molar-refractivity contribution >= 4 is 11.8 Å². The number of hydrogen-bond acceptors (Lipinski definition) is 3. The summed E-state index contributed by atoms with van der Waals surface area (Å²) in [6, 6.07) is 7.61. The van der Waals surface area contributed by atoms with E-state index in [1.165, 1.54) is 12.1 Å². The molecule has 1 N–H and O–H groups in total. The van der Waals surface area contributed by atoms with Gasteiger partial charge in [-0.1, -0.05) is 12.1 Å². The molecule has 7 heteroatoms. The van der Waals surface area contributed by atoms with Crippen LogP contribution in [0.5, 0.6) is 0 Å². The zero-order valence-electron chi connectivity index (χ0n) is 17.0. The Bertz CT molecular complexity index is 797. The van der Waals surface area contributed by atoms with Crippen LogP contribution in [0.4, 0.5) is 4.39 Å². The van der Waals surface area contributed by atoms with E-state index in [0.29, 0.717) is 12.2 Å². The van der Waals surface area contributed by atoms with E-state index in [1.807, 2.05) is 33.2 Å². The number of aryl methyl sites for hydroxylation is 2. The van der Waals surface area contributed by atoms with Gasteiger partial charge >= 0.3 is 0 Å². The van der Waals surface area contributed by atoms with Crippen LogP contribution in [-0.4, -0.2) is 47.0 Å². The maximum atomic E-state index is 12.9. The highest BCUT2D eigenvalue weighted by molar-refractivity contribution is 5.94. The lowest BCUT2D eigenvalue weighted by molar-refractivity contribution is -0.133. The molecule has 1 aromatic carbocycles. The average Bonchev–Trinajstić information content (AvgIpc) is 2.98. The fourth-order valence-electron chi connectivity index (χ4n) is 2.93. The highest BCUT2D eigenvalue weighted by atomic mass is 19.1. The van der Waals surface area contributed by atoms with Gasteiger partial charge < -0.3 is 19.5 Å². The summed E-state index contributed by atoms with van der Waals surface area (Å²) in [6.07, 6.45) is 1.19. The molecule has 2 amide bonds. The molecular weight excluding hydrogens is 361 g/mol. The molecule has 1 aromatic heterocycles. The van der Waals surface area contributed by atoms with Gasteiger partial charge in [0.2, 0.25) is 5.91 Å². The number of hydrogen-bond donors (Lipinski definition) is 1. The number of carbonyl (C=O) groups is 2. The lowest BCUT2D eigenvalue weighted by atomic mass is 10.2. The Morgan fingerprint density at radius 2 is 1.86 bits per heavy atom. The van der Waals surface area contributed by atoms with Crippen LogP contribution in [0, 0.1) is 12.7 Å². The van der Waals surface area contributed by atoms with Crippen LogP contribution in [0.15, 0.2) is 36.5 Å². The van der Waals surface area contributed by atoms with E-state index < -0.39 is 6.10 Å². The van der Waals surface area contributed by atoms with Crippen LogP contribution in [0.3, 0.4) is 0 Å². The predicted octanol–water partition coefficient (Wildman–Crippen LogP) is 2.65. The van der Waals surface area contributed by atoms with Crippen molar-refractivity contribution in [3.63, 3.8) is 0 Å². The largest absolute Gasteiger partial charge is 0.364 e. The fraction of sp³-hybridized carbons (Fsp3) is 0.429. The molecule has 152 valence electrons. The van der Waals surface area contributed by atoms with Crippen molar-refractivity contribution in [2.45, 2.75) is 39.5 Å². The monoisotopic (exact) mass is 389 g/mol. The van der Waals surface area contributed by atoms with Crippen LogP contribution in [0.2, 0.25) is 0 Å². The van der Waals surface area contributed by atoms with Crippen molar-refractivity contribution in [2.24, 2.45) is 7.05 Å². The Labute approximate surface area is 165 Å². The SMILES string of the molecule is Cc1ccn(C)c1C(=O)N(C)CC(C)NC(=O)C(C)OCc1ccc(F)cc1. The van der Waals surface area contributed by atoms with Crippen molar-refractivity contribution in [2.75, 3.05) is 13.6 Å². The van der Waals surface area contributed by atoms with Crippen molar-refractivity contribution in [3.05, 3.63) is 59.2 Å². The zero-order chi connectivity index (χ0) is 20.8. The summed E-state index contributed by atoms with van der Waals surface area (Å²) in [5.41, 5.74) is 2.34. The molecule has 0 saturated carbocycles. The summed E-state index contributed by atoms with van der Waals surface area (Å²) in [7, 11) is 3.55. The Balaban J connectivity index is 1.82.